The summed E-state index contributed by atoms with van der Waals surface area (Å²) in [5, 5.41) is 12.0. The van der Waals surface area contributed by atoms with Crippen LogP contribution in [0.1, 0.15) is 10.4 Å². The molecule has 6 nitrogen and oxygen atoms in total. The first-order valence-electron chi connectivity index (χ1n) is 6.27. The zero-order valence-corrected chi connectivity index (χ0v) is 13.5. The zero-order valence-electron chi connectivity index (χ0n) is 11.4. The Labute approximate surface area is 140 Å². The van der Waals surface area contributed by atoms with E-state index in [1.807, 2.05) is 6.07 Å². The molecule has 7 heteroatoms. The number of esters is 1. The van der Waals surface area contributed by atoms with E-state index in [-0.39, 0.29) is 17.0 Å². The van der Waals surface area contributed by atoms with E-state index in [1.54, 1.807) is 18.2 Å². The van der Waals surface area contributed by atoms with Gasteiger partial charge in [-0.05, 0) is 59.0 Å². The highest BCUT2D eigenvalue weighted by atomic mass is 127. The minimum atomic E-state index is -0.772. The van der Waals surface area contributed by atoms with Crippen LogP contribution in [0, 0.1) is 3.57 Å². The molecular weight excluding hydrogens is 399 g/mol. The summed E-state index contributed by atoms with van der Waals surface area (Å²) in [7, 11) is 0. The van der Waals surface area contributed by atoms with Crippen molar-refractivity contribution in [3.8, 4) is 5.75 Å². The van der Waals surface area contributed by atoms with E-state index in [0.29, 0.717) is 5.69 Å². The lowest BCUT2D eigenvalue weighted by Gasteiger charge is -2.08. The Bertz CT molecular complexity index is 718. The second-order valence-electron chi connectivity index (χ2n) is 4.41. The summed E-state index contributed by atoms with van der Waals surface area (Å²) in [4.78, 5) is 23.6. The summed E-state index contributed by atoms with van der Waals surface area (Å²) in [6.45, 7) is -0.445. The van der Waals surface area contributed by atoms with Crippen LogP contribution < -0.4 is 11.1 Å². The van der Waals surface area contributed by atoms with Crippen LogP contribution in [0.4, 0.5) is 11.4 Å². The largest absolute Gasteiger partial charge is 0.508 e. The predicted octanol–water partition coefficient (Wildman–Crippen LogP) is 2.37. The quantitative estimate of drug-likeness (QED) is 0.310. The highest BCUT2D eigenvalue weighted by molar-refractivity contribution is 14.1. The number of carbonyl (C=O) groups excluding carboxylic acids is 2. The molecule has 1 amide bonds. The molecule has 0 aliphatic rings. The number of ether oxygens (including phenoxy) is 1. The first-order valence-corrected chi connectivity index (χ1v) is 7.34. The van der Waals surface area contributed by atoms with Gasteiger partial charge in [0.1, 0.15) is 5.75 Å². The van der Waals surface area contributed by atoms with Gasteiger partial charge in [-0.3, -0.25) is 4.79 Å². The number of rotatable bonds is 4. The lowest BCUT2D eigenvalue weighted by atomic mass is 10.2. The highest BCUT2D eigenvalue weighted by Crippen LogP contribution is 2.19. The highest BCUT2D eigenvalue weighted by Gasteiger charge is 2.14. The van der Waals surface area contributed by atoms with Crippen LogP contribution in [-0.2, 0) is 9.53 Å². The summed E-state index contributed by atoms with van der Waals surface area (Å²) < 4.78 is 5.86. The van der Waals surface area contributed by atoms with Gasteiger partial charge in [0.05, 0.1) is 5.56 Å². The third-order valence-electron chi connectivity index (χ3n) is 2.70. The van der Waals surface area contributed by atoms with E-state index in [9.17, 15) is 14.7 Å². The summed E-state index contributed by atoms with van der Waals surface area (Å²) in [5.74, 6) is -1.34. The van der Waals surface area contributed by atoms with Crippen LogP contribution >= 0.6 is 22.6 Å². The van der Waals surface area contributed by atoms with Gasteiger partial charge in [0.2, 0.25) is 0 Å². The van der Waals surface area contributed by atoms with E-state index in [1.165, 1.54) is 18.2 Å². The van der Waals surface area contributed by atoms with Gasteiger partial charge in [0.25, 0.3) is 5.91 Å². The zero-order chi connectivity index (χ0) is 16.1. The molecule has 0 aliphatic carbocycles. The van der Waals surface area contributed by atoms with Gasteiger partial charge in [0, 0.05) is 14.9 Å². The standard InChI is InChI=1S/C15H13IN2O4/c16-9-2-1-3-10(6-9)18-14(20)8-22-15(21)12-7-11(19)4-5-13(12)17/h1-7,19H,8,17H2,(H,18,20). The van der Waals surface area contributed by atoms with Crippen molar-refractivity contribution < 1.29 is 19.4 Å². The fourth-order valence-corrected chi connectivity index (χ4v) is 2.24. The van der Waals surface area contributed by atoms with E-state index in [2.05, 4.69) is 27.9 Å². The number of hydrogen-bond acceptors (Lipinski definition) is 5. The number of phenolic OH excluding ortho intramolecular Hbond substituents is 1. The molecule has 2 aromatic carbocycles. The van der Waals surface area contributed by atoms with Gasteiger partial charge in [-0.25, -0.2) is 4.79 Å². The van der Waals surface area contributed by atoms with E-state index >= 15 is 0 Å². The molecule has 0 saturated carbocycles. The number of phenols is 1. The van der Waals surface area contributed by atoms with Crippen LogP contribution in [0.15, 0.2) is 42.5 Å². The van der Waals surface area contributed by atoms with Crippen molar-refractivity contribution in [2.45, 2.75) is 0 Å². The number of nitrogens with two attached hydrogens (primary N) is 1. The van der Waals surface area contributed by atoms with Gasteiger partial charge in [-0.1, -0.05) is 6.07 Å². The second kappa shape index (κ2) is 7.12. The Hall–Kier alpha value is -2.29. The molecule has 0 unspecified atom stereocenters. The fraction of sp³-hybridized carbons (Fsp3) is 0.0667. The van der Waals surface area contributed by atoms with Crippen LogP contribution in [0.3, 0.4) is 0 Å². The third kappa shape index (κ3) is 4.35. The Kier molecular flexibility index (Phi) is 5.21. The van der Waals surface area contributed by atoms with Gasteiger partial charge >= 0.3 is 5.97 Å². The Morgan fingerprint density at radius 2 is 2.00 bits per heavy atom. The number of carbonyl (C=O) groups is 2. The molecule has 0 heterocycles. The van der Waals surface area contributed by atoms with Gasteiger partial charge < -0.3 is 20.9 Å². The maximum absolute atomic E-state index is 11.8. The van der Waals surface area contributed by atoms with E-state index in [4.69, 9.17) is 10.5 Å². The number of amides is 1. The Balaban J connectivity index is 1.93. The van der Waals surface area contributed by atoms with Gasteiger partial charge in [-0.15, -0.1) is 0 Å². The maximum atomic E-state index is 11.8. The van der Waals surface area contributed by atoms with E-state index < -0.39 is 18.5 Å². The number of hydrogen-bond donors (Lipinski definition) is 3. The first-order chi connectivity index (χ1) is 10.5. The van der Waals surface area contributed by atoms with Crippen molar-refractivity contribution in [2.24, 2.45) is 0 Å². The number of benzene rings is 2. The molecule has 0 spiro atoms. The van der Waals surface area contributed by atoms with Crippen molar-refractivity contribution in [1.29, 1.82) is 0 Å². The van der Waals surface area contributed by atoms with E-state index in [0.717, 1.165) is 3.57 Å². The molecular formula is C15H13IN2O4. The summed E-state index contributed by atoms with van der Waals surface area (Å²) in [6, 6.07) is 11.1. The molecule has 0 atom stereocenters. The first kappa shape index (κ1) is 16.1. The van der Waals surface area contributed by atoms with Crippen molar-refractivity contribution in [3.05, 3.63) is 51.6 Å². The average molecular weight is 412 g/mol. The summed E-state index contributed by atoms with van der Waals surface area (Å²) in [6.07, 6.45) is 0. The molecule has 0 aliphatic heterocycles. The van der Waals surface area contributed by atoms with Crippen LogP contribution in [0.2, 0.25) is 0 Å². The lowest BCUT2D eigenvalue weighted by molar-refractivity contribution is -0.119. The van der Waals surface area contributed by atoms with Gasteiger partial charge in [0.15, 0.2) is 6.61 Å². The fourth-order valence-electron chi connectivity index (χ4n) is 1.69. The molecule has 22 heavy (non-hydrogen) atoms. The number of anilines is 2. The monoisotopic (exact) mass is 412 g/mol. The topological polar surface area (TPSA) is 102 Å². The molecule has 0 bridgehead atoms. The van der Waals surface area contributed by atoms with Gasteiger partial charge in [-0.2, -0.15) is 0 Å². The minimum absolute atomic E-state index is 0.0158. The molecule has 4 N–H and O–H groups in total. The Morgan fingerprint density at radius 3 is 2.73 bits per heavy atom. The molecule has 0 saturated heterocycles. The summed E-state index contributed by atoms with van der Waals surface area (Å²) in [5.41, 5.74) is 6.42. The maximum Gasteiger partial charge on any atom is 0.340 e. The average Bonchev–Trinajstić information content (AvgIpc) is 2.47. The minimum Gasteiger partial charge on any atom is -0.508 e. The van der Waals surface area contributed by atoms with Crippen molar-refractivity contribution in [2.75, 3.05) is 17.7 Å². The van der Waals surface area contributed by atoms with Crippen LogP contribution in [0.25, 0.3) is 0 Å². The number of nitrogens with one attached hydrogen (secondary N) is 1. The molecule has 0 radical (unpaired) electrons. The molecule has 2 rings (SSSR count). The van der Waals surface area contributed by atoms with Crippen LogP contribution in [-0.4, -0.2) is 23.6 Å². The number of nitrogen functional groups attached to an aromatic ring is 1. The third-order valence-corrected chi connectivity index (χ3v) is 3.37. The SMILES string of the molecule is Nc1ccc(O)cc1C(=O)OCC(=O)Nc1cccc(I)c1. The van der Waals surface area contributed by atoms with Crippen molar-refractivity contribution in [1.82, 2.24) is 0 Å². The van der Waals surface area contributed by atoms with Crippen LogP contribution in [0.5, 0.6) is 5.75 Å². The predicted molar refractivity (Wildman–Crippen MR) is 90.6 cm³/mol. The molecule has 2 aromatic rings. The summed E-state index contributed by atoms with van der Waals surface area (Å²) >= 11 is 2.12. The smallest absolute Gasteiger partial charge is 0.340 e. The number of halogens is 1. The molecule has 0 fully saturated rings. The van der Waals surface area contributed by atoms with Crippen molar-refractivity contribution >= 4 is 45.8 Å². The molecule has 0 aromatic heterocycles. The Morgan fingerprint density at radius 1 is 1.23 bits per heavy atom. The molecule has 114 valence electrons. The second-order valence-corrected chi connectivity index (χ2v) is 5.65. The number of aromatic hydroxyl groups is 1. The lowest BCUT2D eigenvalue weighted by Crippen LogP contribution is -2.21. The normalized spacial score (nSPS) is 10.0. The van der Waals surface area contributed by atoms with Crippen molar-refractivity contribution in [3.63, 3.8) is 0 Å².